The molecule has 120 valence electrons. The summed E-state index contributed by atoms with van der Waals surface area (Å²) in [5.74, 6) is -0.372. The first-order chi connectivity index (χ1) is 10.9. The Balaban J connectivity index is 2.43. The predicted octanol–water partition coefficient (Wildman–Crippen LogP) is 2.13. The van der Waals surface area contributed by atoms with Gasteiger partial charge in [0, 0.05) is 23.1 Å². The second-order valence-corrected chi connectivity index (χ2v) is 6.48. The van der Waals surface area contributed by atoms with Crippen LogP contribution in [0.2, 0.25) is 5.28 Å². The van der Waals surface area contributed by atoms with Crippen molar-refractivity contribution in [3.63, 3.8) is 0 Å². The molecule has 0 atom stereocenters. The van der Waals surface area contributed by atoms with Crippen LogP contribution in [0.5, 0.6) is 0 Å². The van der Waals surface area contributed by atoms with E-state index in [0.29, 0.717) is 5.56 Å². The number of hydrogen-bond donors (Lipinski definition) is 0. The Labute approximate surface area is 138 Å². The highest BCUT2D eigenvalue weighted by atomic mass is 35.5. The normalized spacial score (nSPS) is 11.0. The number of carbonyl (C=O) groups excluding carboxylic acids is 1. The van der Waals surface area contributed by atoms with E-state index in [1.807, 2.05) is 0 Å². The molecule has 0 spiro atoms. The quantitative estimate of drug-likeness (QED) is 0.818. The molecular weight excluding hydrogens is 340 g/mol. The summed E-state index contributed by atoms with van der Waals surface area (Å²) in [5.41, 5.74) is 0.707. The van der Waals surface area contributed by atoms with Crippen molar-refractivity contribution in [3.05, 3.63) is 53.4 Å². The van der Waals surface area contributed by atoms with E-state index in [4.69, 9.17) is 11.6 Å². The van der Waals surface area contributed by atoms with E-state index >= 15 is 0 Å². The minimum absolute atomic E-state index is 0.00496. The zero-order valence-corrected chi connectivity index (χ0v) is 13.8. The lowest BCUT2D eigenvalue weighted by molar-refractivity contribution is 0.0867. The van der Waals surface area contributed by atoms with Gasteiger partial charge in [-0.1, -0.05) is 18.7 Å². The van der Waals surface area contributed by atoms with Gasteiger partial charge < -0.3 is 0 Å². The van der Waals surface area contributed by atoms with Gasteiger partial charge in [0.2, 0.25) is 5.28 Å². The monoisotopic (exact) mass is 352 g/mol. The van der Waals surface area contributed by atoms with Crippen molar-refractivity contribution in [1.29, 1.82) is 0 Å². The van der Waals surface area contributed by atoms with Crippen LogP contribution in [0.4, 0.5) is 0 Å². The number of amides is 1. The van der Waals surface area contributed by atoms with Crippen LogP contribution in [-0.4, -0.2) is 40.1 Å². The Kier molecular flexibility index (Phi) is 5.07. The summed E-state index contributed by atoms with van der Waals surface area (Å²) in [7, 11) is -3.86. The van der Waals surface area contributed by atoms with Gasteiger partial charge in [-0.25, -0.2) is 22.7 Å². The summed E-state index contributed by atoms with van der Waals surface area (Å²) < 4.78 is 24.5. The number of halogens is 1. The van der Waals surface area contributed by atoms with Crippen molar-refractivity contribution in [2.45, 2.75) is 6.92 Å². The molecule has 1 aromatic carbocycles. The van der Waals surface area contributed by atoms with E-state index in [2.05, 4.69) is 21.5 Å². The molecule has 7 nitrogen and oxygen atoms in total. The molecule has 0 saturated carbocycles. The molecule has 0 unspecified atom stereocenters. The molecule has 0 aliphatic carbocycles. The van der Waals surface area contributed by atoms with Crippen molar-refractivity contribution >= 4 is 27.5 Å². The maximum atomic E-state index is 12.5. The van der Waals surface area contributed by atoms with Gasteiger partial charge in [-0.15, -0.1) is 0 Å². The Morgan fingerprint density at radius 1 is 1.39 bits per heavy atom. The van der Waals surface area contributed by atoms with Crippen molar-refractivity contribution in [1.82, 2.24) is 19.3 Å². The van der Waals surface area contributed by atoms with Gasteiger partial charge in [-0.3, -0.25) is 4.79 Å². The zero-order chi connectivity index (χ0) is 17.0. The predicted molar refractivity (Wildman–Crippen MR) is 86.1 cm³/mol. The summed E-state index contributed by atoms with van der Waals surface area (Å²) in [6.45, 7) is 4.79. The van der Waals surface area contributed by atoms with Crippen LogP contribution in [0.1, 0.15) is 17.3 Å². The second-order valence-electron chi connectivity index (χ2n) is 4.34. The van der Waals surface area contributed by atoms with E-state index in [0.717, 1.165) is 9.71 Å². The number of benzene rings is 1. The summed E-state index contributed by atoms with van der Waals surface area (Å²) in [6.07, 6.45) is 1.25. The van der Waals surface area contributed by atoms with E-state index < -0.39 is 15.9 Å². The van der Waals surface area contributed by atoms with Crippen molar-refractivity contribution in [2.75, 3.05) is 6.54 Å². The minimum Gasteiger partial charge on any atom is -0.268 e. The third-order valence-electron chi connectivity index (χ3n) is 2.94. The van der Waals surface area contributed by atoms with Crippen LogP contribution in [0.25, 0.3) is 11.4 Å². The first kappa shape index (κ1) is 17.0. The number of sulfonamides is 1. The summed E-state index contributed by atoms with van der Waals surface area (Å²) in [6, 6.07) is 6.29. The molecule has 0 aliphatic heterocycles. The smallest absolute Gasteiger partial charge is 0.267 e. The van der Waals surface area contributed by atoms with E-state index in [1.165, 1.54) is 18.5 Å². The fourth-order valence-electron chi connectivity index (χ4n) is 1.88. The highest BCUT2D eigenvalue weighted by Crippen LogP contribution is 2.19. The Morgan fingerprint density at radius 3 is 2.74 bits per heavy atom. The van der Waals surface area contributed by atoms with Gasteiger partial charge in [0.15, 0.2) is 5.82 Å². The van der Waals surface area contributed by atoms with E-state index in [9.17, 15) is 13.2 Å². The maximum Gasteiger partial charge on any atom is 0.267 e. The SMILES string of the molecule is C=CS(=O)(=O)N(CC)C(=O)c1cccc(-c2ncnc(Cl)n2)c1. The summed E-state index contributed by atoms with van der Waals surface area (Å²) in [4.78, 5) is 24.1. The fraction of sp³-hybridized carbons (Fsp3) is 0.143. The molecule has 1 amide bonds. The summed E-state index contributed by atoms with van der Waals surface area (Å²) in [5, 5.41) is 0.764. The molecule has 1 heterocycles. The highest BCUT2D eigenvalue weighted by molar-refractivity contribution is 7.92. The number of hydrogen-bond acceptors (Lipinski definition) is 6. The molecule has 9 heteroatoms. The third kappa shape index (κ3) is 3.72. The van der Waals surface area contributed by atoms with Crippen molar-refractivity contribution in [3.8, 4) is 11.4 Å². The largest absolute Gasteiger partial charge is 0.268 e. The van der Waals surface area contributed by atoms with Crippen LogP contribution in [0, 0.1) is 0 Å². The van der Waals surface area contributed by atoms with E-state index in [1.54, 1.807) is 19.1 Å². The van der Waals surface area contributed by atoms with Crippen molar-refractivity contribution in [2.24, 2.45) is 0 Å². The first-order valence-corrected chi connectivity index (χ1v) is 8.41. The van der Waals surface area contributed by atoms with E-state index in [-0.39, 0.29) is 23.2 Å². The Morgan fingerprint density at radius 2 is 2.13 bits per heavy atom. The average molecular weight is 353 g/mol. The third-order valence-corrected chi connectivity index (χ3v) is 4.58. The molecule has 0 bridgehead atoms. The van der Waals surface area contributed by atoms with Gasteiger partial charge in [0.1, 0.15) is 6.33 Å². The minimum atomic E-state index is -3.86. The number of nitrogens with zero attached hydrogens (tertiary/aromatic N) is 4. The molecule has 0 N–H and O–H groups in total. The lowest BCUT2D eigenvalue weighted by Crippen LogP contribution is -2.35. The van der Waals surface area contributed by atoms with Crippen LogP contribution < -0.4 is 0 Å². The first-order valence-electron chi connectivity index (χ1n) is 6.53. The molecule has 0 fully saturated rings. The average Bonchev–Trinajstić information content (AvgIpc) is 2.55. The highest BCUT2D eigenvalue weighted by Gasteiger charge is 2.24. The molecule has 2 rings (SSSR count). The van der Waals surface area contributed by atoms with Gasteiger partial charge in [-0.2, -0.15) is 4.98 Å². The lowest BCUT2D eigenvalue weighted by Gasteiger charge is -2.18. The number of carbonyl (C=O) groups is 1. The molecule has 0 saturated heterocycles. The molecule has 0 aliphatic rings. The number of rotatable bonds is 5. The van der Waals surface area contributed by atoms with Crippen LogP contribution in [-0.2, 0) is 10.0 Å². The number of aromatic nitrogens is 3. The van der Waals surface area contributed by atoms with Crippen LogP contribution in [0.3, 0.4) is 0 Å². The molecule has 0 radical (unpaired) electrons. The van der Waals surface area contributed by atoms with Gasteiger partial charge >= 0.3 is 0 Å². The molecular formula is C14H13ClN4O3S. The molecule has 2 aromatic rings. The van der Waals surface area contributed by atoms with Crippen LogP contribution >= 0.6 is 11.6 Å². The molecule has 23 heavy (non-hydrogen) atoms. The Bertz CT molecular complexity index is 855. The van der Waals surface area contributed by atoms with Gasteiger partial charge in [0.25, 0.3) is 15.9 Å². The topological polar surface area (TPSA) is 93.1 Å². The van der Waals surface area contributed by atoms with Crippen LogP contribution in [0.15, 0.2) is 42.6 Å². The fourth-order valence-corrected chi connectivity index (χ4v) is 2.88. The summed E-state index contributed by atoms with van der Waals surface area (Å²) >= 11 is 5.72. The Hall–Kier alpha value is -2.32. The maximum absolute atomic E-state index is 12.5. The second kappa shape index (κ2) is 6.84. The van der Waals surface area contributed by atoms with Gasteiger partial charge in [-0.05, 0) is 30.7 Å². The lowest BCUT2D eigenvalue weighted by atomic mass is 10.1. The molecule has 1 aromatic heterocycles. The zero-order valence-electron chi connectivity index (χ0n) is 12.2. The standard InChI is InChI=1S/C14H13ClN4O3S/c1-3-19(23(21,22)4-2)13(20)11-7-5-6-10(8-11)12-16-9-17-14(15)18-12/h4-9H,2-3H2,1H3. The van der Waals surface area contributed by atoms with Gasteiger partial charge in [0.05, 0.1) is 0 Å². The van der Waals surface area contributed by atoms with Crippen molar-refractivity contribution < 1.29 is 13.2 Å².